The van der Waals surface area contributed by atoms with Crippen molar-refractivity contribution in [3.63, 3.8) is 0 Å². The Morgan fingerprint density at radius 3 is 2.38 bits per heavy atom. The topological polar surface area (TPSA) is 75.4 Å². The van der Waals surface area contributed by atoms with E-state index < -0.39 is 11.6 Å². The Kier molecular flexibility index (Phi) is 6.75. The quantitative estimate of drug-likeness (QED) is 0.779. The molecule has 1 atom stereocenters. The Labute approximate surface area is 140 Å². The van der Waals surface area contributed by atoms with Crippen molar-refractivity contribution in [2.75, 3.05) is 6.54 Å². The summed E-state index contributed by atoms with van der Waals surface area (Å²) < 4.78 is 0. The molecular weight excluding hydrogens is 335 g/mol. The SMILES string of the molecule is Cl.NC1(C(=O)NCC(O)c2c(Cl)cccc2Cl)CCCC1. The molecule has 1 aliphatic rings. The Morgan fingerprint density at radius 2 is 1.86 bits per heavy atom. The van der Waals surface area contributed by atoms with Crippen LogP contribution in [0.4, 0.5) is 0 Å². The molecule has 4 nitrogen and oxygen atoms in total. The number of aliphatic hydroxyl groups is 1. The summed E-state index contributed by atoms with van der Waals surface area (Å²) in [6, 6.07) is 5.00. The zero-order valence-corrected chi connectivity index (χ0v) is 13.8. The first kappa shape index (κ1) is 18.5. The van der Waals surface area contributed by atoms with E-state index in [1.807, 2.05) is 0 Å². The molecule has 0 radical (unpaired) electrons. The number of hydrogen-bond acceptors (Lipinski definition) is 3. The van der Waals surface area contributed by atoms with Crippen molar-refractivity contribution < 1.29 is 9.90 Å². The lowest BCUT2D eigenvalue weighted by Crippen LogP contribution is -2.52. The van der Waals surface area contributed by atoms with E-state index in [0.29, 0.717) is 28.5 Å². The summed E-state index contributed by atoms with van der Waals surface area (Å²) in [5.41, 5.74) is 5.66. The third kappa shape index (κ3) is 4.24. The molecule has 1 aliphatic carbocycles. The Bertz CT molecular complexity index is 485. The van der Waals surface area contributed by atoms with Gasteiger partial charge in [0.05, 0.1) is 11.6 Å². The molecule has 7 heteroatoms. The first-order valence-electron chi connectivity index (χ1n) is 6.63. The molecule has 0 aromatic heterocycles. The van der Waals surface area contributed by atoms with E-state index in [9.17, 15) is 9.90 Å². The van der Waals surface area contributed by atoms with E-state index in [-0.39, 0.29) is 24.9 Å². The molecular formula is C14H19Cl3N2O2. The lowest BCUT2D eigenvalue weighted by molar-refractivity contribution is -0.126. The predicted molar refractivity (Wildman–Crippen MR) is 87.1 cm³/mol. The minimum atomic E-state index is -0.954. The highest BCUT2D eigenvalue weighted by molar-refractivity contribution is 6.36. The average molecular weight is 354 g/mol. The van der Waals surface area contributed by atoms with Crippen LogP contribution in [0.5, 0.6) is 0 Å². The number of amides is 1. The molecule has 0 aliphatic heterocycles. The van der Waals surface area contributed by atoms with Gasteiger partial charge in [0, 0.05) is 22.2 Å². The largest absolute Gasteiger partial charge is 0.386 e. The molecule has 21 heavy (non-hydrogen) atoms. The van der Waals surface area contributed by atoms with Crippen LogP contribution in [0.15, 0.2) is 18.2 Å². The summed E-state index contributed by atoms with van der Waals surface area (Å²) in [4.78, 5) is 12.1. The highest BCUT2D eigenvalue weighted by Gasteiger charge is 2.37. The van der Waals surface area contributed by atoms with Crippen LogP contribution in [-0.4, -0.2) is 23.1 Å². The van der Waals surface area contributed by atoms with Gasteiger partial charge in [0.1, 0.15) is 0 Å². The van der Waals surface area contributed by atoms with Crippen molar-refractivity contribution in [1.29, 1.82) is 0 Å². The molecule has 4 N–H and O–H groups in total. The maximum atomic E-state index is 12.1. The van der Waals surface area contributed by atoms with Crippen LogP contribution >= 0.6 is 35.6 Å². The van der Waals surface area contributed by atoms with Crippen LogP contribution in [0.1, 0.15) is 37.4 Å². The van der Waals surface area contributed by atoms with Gasteiger partial charge in [0.2, 0.25) is 5.91 Å². The molecule has 2 rings (SSSR count). The number of rotatable bonds is 4. The molecule has 0 heterocycles. The second kappa shape index (κ2) is 7.65. The molecule has 1 aromatic rings. The maximum absolute atomic E-state index is 12.1. The van der Waals surface area contributed by atoms with Crippen LogP contribution in [-0.2, 0) is 4.79 Å². The van der Waals surface area contributed by atoms with Crippen molar-refractivity contribution >= 4 is 41.5 Å². The van der Waals surface area contributed by atoms with Crippen LogP contribution in [0.2, 0.25) is 10.0 Å². The lowest BCUT2D eigenvalue weighted by atomic mass is 9.98. The van der Waals surface area contributed by atoms with Crippen LogP contribution in [0.3, 0.4) is 0 Å². The fourth-order valence-electron chi connectivity index (χ4n) is 2.53. The molecule has 1 amide bonds. The highest BCUT2D eigenvalue weighted by Crippen LogP contribution is 2.30. The van der Waals surface area contributed by atoms with Crippen molar-refractivity contribution in [3.05, 3.63) is 33.8 Å². The molecule has 118 valence electrons. The number of nitrogens with one attached hydrogen (secondary N) is 1. The summed E-state index contributed by atoms with van der Waals surface area (Å²) in [7, 11) is 0. The third-order valence-corrected chi connectivity index (χ3v) is 4.40. The van der Waals surface area contributed by atoms with Gasteiger partial charge in [-0.3, -0.25) is 4.79 Å². The van der Waals surface area contributed by atoms with Crippen LogP contribution < -0.4 is 11.1 Å². The Morgan fingerprint density at radius 1 is 1.33 bits per heavy atom. The van der Waals surface area contributed by atoms with Crippen molar-refractivity contribution in [2.45, 2.75) is 37.3 Å². The number of benzene rings is 1. The van der Waals surface area contributed by atoms with Gasteiger partial charge in [-0.15, -0.1) is 12.4 Å². The molecule has 0 saturated heterocycles. The monoisotopic (exact) mass is 352 g/mol. The average Bonchev–Trinajstić information content (AvgIpc) is 2.84. The second-order valence-electron chi connectivity index (χ2n) is 5.22. The fraction of sp³-hybridized carbons (Fsp3) is 0.500. The van der Waals surface area contributed by atoms with Crippen molar-refractivity contribution in [1.82, 2.24) is 5.32 Å². The third-order valence-electron chi connectivity index (χ3n) is 3.74. The van der Waals surface area contributed by atoms with E-state index in [1.54, 1.807) is 18.2 Å². The molecule has 1 fully saturated rings. The van der Waals surface area contributed by atoms with E-state index in [2.05, 4.69) is 5.32 Å². The molecule has 0 spiro atoms. The number of carbonyl (C=O) groups excluding carboxylic acids is 1. The summed E-state index contributed by atoms with van der Waals surface area (Å²) in [5, 5.41) is 13.6. The number of halogens is 3. The first-order chi connectivity index (χ1) is 9.44. The number of hydrogen-bond donors (Lipinski definition) is 3. The highest BCUT2D eigenvalue weighted by atomic mass is 35.5. The lowest BCUT2D eigenvalue weighted by Gasteiger charge is -2.23. The summed E-state index contributed by atoms with van der Waals surface area (Å²) >= 11 is 12.0. The Balaban J connectivity index is 0.00000220. The van der Waals surface area contributed by atoms with E-state index >= 15 is 0 Å². The number of nitrogens with two attached hydrogens (primary N) is 1. The summed E-state index contributed by atoms with van der Waals surface area (Å²) in [6.45, 7) is 0.0429. The molecule has 0 bridgehead atoms. The number of carbonyl (C=O) groups is 1. The predicted octanol–water partition coefficient (Wildman–Crippen LogP) is 2.84. The van der Waals surface area contributed by atoms with Gasteiger partial charge in [-0.25, -0.2) is 0 Å². The summed E-state index contributed by atoms with van der Waals surface area (Å²) in [5.74, 6) is -0.225. The van der Waals surface area contributed by atoms with Crippen LogP contribution in [0, 0.1) is 0 Å². The van der Waals surface area contributed by atoms with Crippen LogP contribution in [0.25, 0.3) is 0 Å². The summed E-state index contributed by atoms with van der Waals surface area (Å²) in [6.07, 6.45) is 2.33. The van der Waals surface area contributed by atoms with E-state index in [4.69, 9.17) is 28.9 Å². The fourth-order valence-corrected chi connectivity index (χ4v) is 3.18. The van der Waals surface area contributed by atoms with Gasteiger partial charge in [-0.05, 0) is 25.0 Å². The van der Waals surface area contributed by atoms with Gasteiger partial charge in [-0.1, -0.05) is 42.1 Å². The normalized spacial score (nSPS) is 17.9. The second-order valence-corrected chi connectivity index (χ2v) is 6.04. The van der Waals surface area contributed by atoms with Gasteiger partial charge in [0.15, 0.2) is 0 Å². The van der Waals surface area contributed by atoms with Crippen molar-refractivity contribution in [2.24, 2.45) is 5.73 Å². The van der Waals surface area contributed by atoms with Gasteiger partial charge >= 0.3 is 0 Å². The maximum Gasteiger partial charge on any atom is 0.240 e. The van der Waals surface area contributed by atoms with Gasteiger partial charge < -0.3 is 16.2 Å². The molecule has 1 aromatic carbocycles. The number of aliphatic hydroxyl groups excluding tert-OH is 1. The van der Waals surface area contributed by atoms with Gasteiger partial charge in [-0.2, -0.15) is 0 Å². The van der Waals surface area contributed by atoms with Crippen molar-refractivity contribution in [3.8, 4) is 0 Å². The van der Waals surface area contributed by atoms with E-state index in [0.717, 1.165) is 12.8 Å². The zero-order chi connectivity index (χ0) is 14.8. The Hall–Kier alpha value is -0.520. The van der Waals surface area contributed by atoms with Gasteiger partial charge in [0.25, 0.3) is 0 Å². The van der Waals surface area contributed by atoms with E-state index in [1.165, 1.54) is 0 Å². The zero-order valence-electron chi connectivity index (χ0n) is 11.4. The standard InChI is InChI=1S/C14H18Cl2N2O2.ClH/c15-9-4-3-5-10(16)12(9)11(19)8-18-13(20)14(17)6-1-2-7-14;/h3-5,11,19H,1-2,6-8,17H2,(H,18,20);1H. The molecule has 1 saturated carbocycles. The smallest absolute Gasteiger partial charge is 0.240 e. The first-order valence-corrected chi connectivity index (χ1v) is 7.39. The molecule has 1 unspecified atom stereocenters. The minimum Gasteiger partial charge on any atom is -0.386 e. The minimum absolute atomic E-state index is 0.